The second-order valence-electron chi connectivity index (χ2n) is 3.81. The SMILES string of the molecule is O=C1O[C@@H]([C@H]2CCCCC2=O)C(Cl)=C1Cl. The molecule has 0 saturated heterocycles. The van der Waals surface area contributed by atoms with Crippen LogP contribution < -0.4 is 0 Å². The summed E-state index contributed by atoms with van der Waals surface area (Å²) in [6.07, 6.45) is 2.49. The molecular formula is C10H10Cl2O3. The third-order valence-electron chi connectivity index (χ3n) is 2.84. The maximum Gasteiger partial charge on any atom is 0.351 e. The van der Waals surface area contributed by atoms with Gasteiger partial charge in [0.25, 0.3) is 0 Å². The van der Waals surface area contributed by atoms with E-state index < -0.39 is 12.1 Å². The van der Waals surface area contributed by atoms with Crippen LogP contribution in [0.4, 0.5) is 0 Å². The molecule has 1 heterocycles. The van der Waals surface area contributed by atoms with Gasteiger partial charge in [0.2, 0.25) is 0 Å². The van der Waals surface area contributed by atoms with Gasteiger partial charge in [-0.15, -0.1) is 0 Å². The molecule has 3 nitrogen and oxygen atoms in total. The standard InChI is InChI=1S/C10H10Cl2O3/c11-7-8(12)10(14)15-9(7)5-3-1-2-4-6(5)13/h5,9H,1-4H2/t5-,9-/m0/s1. The predicted octanol–water partition coefficient (Wildman–Crippen LogP) is 2.36. The molecule has 2 atom stereocenters. The van der Waals surface area contributed by atoms with Gasteiger partial charge >= 0.3 is 5.97 Å². The zero-order chi connectivity index (χ0) is 11.0. The lowest BCUT2D eigenvalue weighted by atomic mass is 9.84. The number of carbonyl (C=O) groups is 2. The molecule has 0 aromatic carbocycles. The fraction of sp³-hybridized carbons (Fsp3) is 0.600. The lowest BCUT2D eigenvalue weighted by Gasteiger charge is -2.25. The molecule has 0 N–H and O–H groups in total. The number of carbonyl (C=O) groups excluding carboxylic acids is 2. The largest absolute Gasteiger partial charge is 0.451 e. The summed E-state index contributed by atoms with van der Waals surface area (Å²) in [5.41, 5.74) is 0. The van der Waals surface area contributed by atoms with Gasteiger partial charge in [0.05, 0.1) is 11.0 Å². The Hall–Kier alpha value is -0.540. The smallest absolute Gasteiger partial charge is 0.351 e. The summed E-state index contributed by atoms with van der Waals surface area (Å²) in [6, 6.07) is 0. The molecular weight excluding hydrogens is 239 g/mol. The molecule has 1 aliphatic carbocycles. The highest BCUT2D eigenvalue weighted by Crippen LogP contribution is 2.37. The van der Waals surface area contributed by atoms with Crippen molar-refractivity contribution in [3.05, 3.63) is 10.1 Å². The molecule has 0 bridgehead atoms. The number of hydrogen-bond donors (Lipinski definition) is 0. The number of halogens is 2. The van der Waals surface area contributed by atoms with Gasteiger partial charge in [-0.1, -0.05) is 29.6 Å². The molecule has 82 valence electrons. The number of Topliss-reactive ketones (excluding diaryl/α,β-unsaturated/α-hetero) is 1. The summed E-state index contributed by atoms with van der Waals surface area (Å²) >= 11 is 11.5. The van der Waals surface area contributed by atoms with Crippen molar-refractivity contribution in [2.45, 2.75) is 31.8 Å². The summed E-state index contributed by atoms with van der Waals surface area (Å²) in [6.45, 7) is 0. The Bertz CT molecular complexity index is 349. The summed E-state index contributed by atoms with van der Waals surface area (Å²) in [7, 11) is 0. The molecule has 0 unspecified atom stereocenters. The molecule has 2 rings (SSSR count). The van der Waals surface area contributed by atoms with Crippen LogP contribution in [0.25, 0.3) is 0 Å². The molecule has 2 aliphatic rings. The first kappa shape index (κ1) is 11.0. The molecule has 1 aliphatic heterocycles. The predicted molar refractivity (Wildman–Crippen MR) is 55.6 cm³/mol. The Balaban J connectivity index is 2.18. The molecule has 1 fully saturated rings. The average Bonchev–Trinajstić information content (AvgIpc) is 2.47. The fourth-order valence-electron chi connectivity index (χ4n) is 2.03. The maximum atomic E-state index is 11.6. The minimum atomic E-state index is -0.639. The van der Waals surface area contributed by atoms with Crippen LogP contribution in [0.3, 0.4) is 0 Å². The highest BCUT2D eigenvalue weighted by atomic mass is 35.5. The summed E-state index contributed by atoms with van der Waals surface area (Å²) in [4.78, 5) is 22.8. The van der Waals surface area contributed by atoms with Gasteiger partial charge in [0, 0.05) is 6.42 Å². The van der Waals surface area contributed by atoms with Crippen LogP contribution in [0.5, 0.6) is 0 Å². The van der Waals surface area contributed by atoms with Crippen molar-refractivity contribution in [3.8, 4) is 0 Å². The second-order valence-corrected chi connectivity index (χ2v) is 4.59. The molecule has 1 saturated carbocycles. The van der Waals surface area contributed by atoms with Crippen LogP contribution in [0.2, 0.25) is 0 Å². The highest BCUT2D eigenvalue weighted by Gasteiger charge is 2.41. The summed E-state index contributed by atoms with van der Waals surface area (Å²) in [5, 5.41) is 0.0990. The Morgan fingerprint density at radius 3 is 2.47 bits per heavy atom. The summed E-state index contributed by atoms with van der Waals surface area (Å²) in [5.74, 6) is -0.806. The Morgan fingerprint density at radius 2 is 1.93 bits per heavy atom. The van der Waals surface area contributed by atoms with Crippen molar-refractivity contribution >= 4 is 35.0 Å². The second kappa shape index (κ2) is 4.14. The molecule has 0 aromatic rings. The first-order valence-electron chi connectivity index (χ1n) is 4.90. The number of rotatable bonds is 1. The van der Waals surface area contributed by atoms with E-state index in [2.05, 4.69) is 0 Å². The molecule has 5 heteroatoms. The van der Waals surface area contributed by atoms with E-state index in [1.807, 2.05) is 0 Å². The van der Waals surface area contributed by atoms with E-state index in [4.69, 9.17) is 27.9 Å². The third-order valence-corrected chi connectivity index (χ3v) is 3.70. The lowest BCUT2D eigenvalue weighted by molar-refractivity contribution is -0.144. The van der Waals surface area contributed by atoms with E-state index in [9.17, 15) is 9.59 Å². The topological polar surface area (TPSA) is 43.4 Å². The summed E-state index contributed by atoms with van der Waals surface area (Å²) < 4.78 is 5.00. The Labute approximate surface area is 97.4 Å². The fourth-order valence-corrected chi connectivity index (χ4v) is 2.46. The van der Waals surface area contributed by atoms with Crippen LogP contribution in [0, 0.1) is 5.92 Å². The van der Waals surface area contributed by atoms with Crippen LogP contribution in [0.15, 0.2) is 10.1 Å². The minimum absolute atomic E-state index is 0.0833. The van der Waals surface area contributed by atoms with Crippen LogP contribution in [0.1, 0.15) is 25.7 Å². The zero-order valence-electron chi connectivity index (χ0n) is 7.96. The van der Waals surface area contributed by atoms with Crippen molar-refractivity contribution in [1.82, 2.24) is 0 Å². The van der Waals surface area contributed by atoms with Crippen molar-refractivity contribution in [2.24, 2.45) is 5.92 Å². The monoisotopic (exact) mass is 248 g/mol. The first-order valence-corrected chi connectivity index (χ1v) is 5.65. The maximum absolute atomic E-state index is 11.6. The first-order chi connectivity index (χ1) is 7.11. The lowest BCUT2D eigenvalue weighted by Crippen LogP contribution is -2.31. The Morgan fingerprint density at radius 1 is 1.20 bits per heavy atom. The van der Waals surface area contributed by atoms with Gasteiger partial charge in [-0.3, -0.25) is 4.79 Å². The van der Waals surface area contributed by atoms with Gasteiger partial charge in [-0.2, -0.15) is 0 Å². The van der Waals surface area contributed by atoms with E-state index in [-0.39, 0.29) is 21.8 Å². The number of ether oxygens (including phenoxy) is 1. The number of hydrogen-bond acceptors (Lipinski definition) is 3. The van der Waals surface area contributed by atoms with Crippen molar-refractivity contribution in [1.29, 1.82) is 0 Å². The van der Waals surface area contributed by atoms with Gasteiger partial charge in [-0.25, -0.2) is 4.79 Å². The quantitative estimate of drug-likeness (QED) is 0.670. The van der Waals surface area contributed by atoms with E-state index >= 15 is 0 Å². The van der Waals surface area contributed by atoms with Gasteiger partial charge in [0.1, 0.15) is 16.9 Å². The van der Waals surface area contributed by atoms with Gasteiger partial charge in [-0.05, 0) is 12.8 Å². The van der Waals surface area contributed by atoms with Crippen LogP contribution in [-0.2, 0) is 14.3 Å². The number of ketones is 1. The van der Waals surface area contributed by atoms with E-state index in [0.717, 1.165) is 19.3 Å². The van der Waals surface area contributed by atoms with Gasteiger partial charge in [0.15, 0.2) is 0 Å². The van der Waals surface area contributed by atoms with Crippen molar-refractivity contribution in [2.75, 3.05) is 0 Å². The van der Waals surface area contributed by atoms with E-state index in [1.54, 1.807) is 0 Å². The number of cyclic esters (lactones) is 1. The Kier molecular flexibility index (Phi) is 3.03. The van der Waals surface area contributed by atoms with Gasteiger partial charge < -0.3 is 4.74 Å². The highest BCUT2D eigenvalue weighted by molar-refractivity contribution is 6.48. The zero-order valence-corrected chi connectivity index (χ0v) is 9.48. The molecule has 15 heavy (non-hydrogen) atoms. The molecule has 0 amide bonds. The van der Waals surface area contributed by atoms with Crippen molar-refractivity contribution < 1.29 is 14.3 Å². The number of esters is 1. The molecule has 0 radical (unpaired) electrons. The van der Waals surface area contributed by atoms with E-state index in [1.165, 1.54) is 0 Å². The third kappa shape index (κ3) is 1.91. The normalized spacial score (nSPS) is 32.1. The van der Waals surface area contributed by atoms with Crippen LogP contribution >= 0.6 is 23.2 Å². The molecule has 0 spiro atoms. The average molecular weight is 249 g/mol. The van der Waals surface area contributed by atoms with Crippen LogP contribution in [-0.4, -0.2) is 17.9 Å². The minimum Gasteiger partial charge on any atom is -0.451 e. The van der Waals surface area contributed by atoms with Crippen molar-refractivity contribution in [3.63, 3.8) is 0 Å². The molecule has 0 aromatic heterocycles. The van der Waals surface area contributed by atoms with E-state index in [0.29, 0.717) is 6.42 Å².